The summed E-state index contributed by atoms with van der Waals surface area (Å²) in [5.74, 6) is 0.532. The summed E-state index contributed by atoms with van der Waals surface area (Å²) in [4.78, 5) is 14.1. The molecule has 0 amide bonds. The molecule has 3 N–H and O–H groups in total. The van der Waals surface area contributed by atoms with Crippen LogP contribution >= 0.6 is 0 Å². The number of aryl methyl sites for hydroxylation is 1. The summed E-state index contributed by atoms with van der Waals surface area (Å²) in [5, 5.41) is 20.3. The van der Waals surface area contributed by atoms with Gasteiger partial charge in [0.1, 0.15) is 24.6 Å². The van der Waals surface area contributed by atoms with E-state index in [-0.39, 0.29) is 12.2 Å². The number of pyridine rings is 1. The summed E-state index contributed by atoms with van der Waals surface area (Å²) in [6.45, 7) is 1.89. The van der Waals surface area contributed by atoms with Crippen molar-refractivity contribution in [3.8, 4) is 5.75 Å². The van der Waals surface area contributed by atoms with Crippen molar-refractivity contribution in [1.29, 1.82) is 0 Å². The number of rotatable bonds is 0. The Kier molecular flexibility index (Phi) is 2.39. The molecule has 2 aromatic rings. The molecule has 2 heterocycles. The number of hydrogen-bond donors (Lipinski definition) is 3. The molecule has 0 unspecified atom stereocenters. The summed E-state index contributed by atoms with van der Waals surface area (Å²) < 4.78 is 5.48. The van der Waals surface area contributed by atoms with E-state index in [4.69, 9.17) is 4.74 Å². The molecular formula is C13H13NO4. The monoisotopic (exact) mass is 247 g/mol. The topological polar surface area (TPSA) is 82.6 Å². The van der Waals surface area contributed by atoms with Crippen molar-refractivity contribution in [3.05, 3.63) is 39.7 Å². The standard InChI is InChI=1S/C13H13NO4/c1-6-4-8-12(17)9(15)5-18-13(8)7-2-3-10(16)14-11(6)7/h2-4,9,12,15,17H,5H2,1H3,(H,14,16)/t9-,12+/m1/s1. The molecule has 2 atom stereocenters. The van der Waals surface area contributed by atoms with Gasteiger partial charge in [-0.1, -0.05) is 0 Å². The molecule has 1 aliphatic heterocycles. The van der Waals surface area contributed by atoms with Crippen LogP contribution in [-0.2, 0) is 0 Å². The first-order valence-electron chi connectivity index (χ1n) is 5.73. The molecule has 0 saturated heterocycles. The molecule has 0 fully saturated rings. The summed E-state index contributed by atoms with van der Waals surface area (Å²) in [7, 11) is 0. The van der Waals surface area contributed by atoms with Crippen molar-refractivity contribution in [3.63, 3.8) is 0 Å². The average molecular weight is 247 g/mol. The molecule has 5 heteroatoms. The van der Waals surface area contributed by atoms with E-state index in [1.165, 1.54) is 6.07 Å². The minimum absolute atomic E-state index is 0.0471. The van der Waals surface area contributed by atoms with Crippen LogP contribution in [0.15, 0.2) is 23.0 Å². The number of aromatic amines is 1. The van der Waals surface area contributed by atoms with Gasteiger partial charge in [0, 0.05) is 17.0 Å². The van der Waals surface area contributed by atoms with Crippen LogP contribution in [0.2, 0.25) is 0 Å². The summed E-state index contributed by atoms with van der Waals surface area (Å²) in [5.41, 5.74) is 1.91. The van der Waals surface area contributed by atoms with E-state index in [0.29, 0.717) is 16.8 Å². The van der Waals surface area contributed by atoms with E-state index in [2.05, 4.69) is 4.98 Å². The first-order valence-corrected chi connectivity index (χ1v) is 5.73. The normalized spacial score (nSPS) is 22.6. The highest BCUT2D eigenvalue weighted by Crippen LogP contribution is 2.38. The lowest BCUT2D eigenvalue weighted by Gasteiger charge is -2.28. The van der Waals surface area contributed by atoms with Crippen molar-refractivity contribution in [2.45, 2.75) is 19.1 Å². The Balaban J connectivity index is 2.37. The molecule has 3 rings (SSSR count). The van der Waals surface area contributed by atoms with E-state index in [1.54, 1.807) is 12.1 Å². The lowest BCUT2D eigenvalue weighted by Crippen LogP contribution is -2.30. The van der Waals surface area contributed by atoms with Gasteiger partial charge in [0.05, 0.1) is 5.52 Å². The maximum absolute atomic E-state index is 11.3. The van der Waals surface area contributed by atoms with Gasteiger partial charge in [0.25, 0.3) is 0 Å². The Bertz CT molecular complexity index is 676. The van der Waals surface area contributed by atoms with Gasteiger partial charge < -0.3 is 19.9 Å². The Morgan fingerprint density at radius 2 is 2.17 bits per heavy atom. The largest absolute Gasteiger partial charge is 0.490 e. The van der Waals surface area contributed by atoms with Gasteiger partial charge in [-0.25, -0.2) is 0 Å². The van der Waals surface area contributed by atoms with Gasteiger partial charge in [-0.2, -0.15) is 0 Å². The highest BCUT2D eigenvalue weighted by atomic mass is 16.5. The number of benzene rings is 1. The first kappa shape index (κ1) is 11.3. The second kappa shape index (κ2) is 3.83. The van der Waals surface area contributed by atoms with Gasteiger partial charge >= 0.3 is 0 Å². The summed E-state index contributed by atoms with van der Waals surface area (Å²) >= 11 is 0. The third-order valence-electron chi connectivity index (χ3n) is 3.27. The molecular weight excluding hydrogens is 234 g/mol. The Morgan fingerprint density at radius 1 is 1.39 bits per heavy atom. The van der Waals surface area contributed by atoms with Gasteiger partial charge in [-0.15, -0.1) is 0 Å². The molecule has 5 nitrogen and oxygen atoms in total. The zero-order valence-electron chi connectivity index (χ0n) is 9.80. The average Bonchev–Trinajstić information content (AvgIpc) is 2.35. The lowest BCUT2D eigenvalue weighted by molar-refractivity contribution is -0.0249. The zero-order valence-corrected chi connectivity index (χ0v) is 9.80. The van der Waals surface area contributed by atoms with E-state index in [0.717, 1.165) is 10.9 Å². The molecule has 94 valence electrons. The number of hydrogen-bond acceptors (Lipinski definition) is 4. The van der Waals surface area contributed by atoms with Crippen molar-refractivity contribution in [1.82, 2.24) is 4.98 Å². The molecule has 0 aliphatic carbocycles. The van der Waals surface area contributed by atoms with Crippen LogP contribution in [-0.4, -0.2) is 27.9 Å². The molecule has 18 heavy (non-hydrogen) atoms. The number of nitrogens with one attached hydrogen (secondary N) is 1. The molecule has 0 spiro atoms. The number of aliphatic hydroxyl groups excluding tert-OH is 2. The molecule has 0 saturated carbocycles. The molecule has 1 aromatic heterocycles. The van der Waals surface area contributed by atoms with Gasteiger partial charge in [0.15, 0.2) is 0 Å². The van der Waals surface area contributed by atoms with Crippen LogP contribution in [0.4, 0.5) is 0 Å². The zero-order chi connectivity index (χ0) is 12.9. The van der Waals surface area contributed by atoms with Crippen molar-refractivity contribution >= 4 is 10.9 Å². The number of aliphatic hydroxyl groups is 2. The van der Waals surface area contributed by atoms with Crippen LogP contribution in [0, 0.1) is 6.92 Å². The second-order valence-corrected chi connectivity index (χ2v) is 4.55. The predicted molar refractivity (Wildman–Crippen MR) is 65.8 cm³/mol. The number of H-pyrrole nitrogens is 1. The van der Waals surface area contributed by atoms with Crippen LogP contribution in [0.5, 0.6) is 5.75 Å². The highest BCUT2D eigenvalue weighted by Gasteiger charge is 2.29. The Hall–Kier alpha value is -1.85. The van der Waals surface area contributed by atoms with Crippen LogP contribution in [0.1, 0.15) is 17.2 Å². The van der Waals surface area contributed by atoms with Crippen molar-refractivity contribution < 1.29 is 14.9 Å². The van der Waals surface area contributed by atoms with Gasteiger partial charge in [-0.05, 0) is 24.6 Å². The van der Waals surface area contributed by atoms with Crippen LogP contribution in [0.3, 0.4) is 0 Å². The number of fused-ring (bicyclic) bond motifs is 3. The van der Waals surface area contributed by atoms with Crippen LogP contribution < -0.4 is 10.3 Å². The maximum atomic E-state index is 11.3. The Labute approximate surface area is 103 Å². The third kappa shape index (κ3) is 1.52. The fourth-order valence-corrected chi connectivity index (χ4v) is 2.35. The molecule has 1 aliphatic rings. The lowest BCUT2D eigenvalue weighted by atomic mass is 9.96. The highest BCUT2D eigenvalue weighted by molar-refractivity contribution is 5.89. The third-order valence-corrected chi connectivity index (χ3v) is 3.27. The summed E-state index contributed by atoms with van der Waals surface area (Å²) in [6.07, 6.45) is -1.87. The Morgan fingerprint density at radius 3 is 2.94 bits per heavy atom. The van der Waals surface area contributed by atoms with Gasteiger partial charge in [0.2, 0.25) is 5.56 Å². The number of aromatic nitrogens is 1. The molecule has 0 radical (unpaired) electrons. The quantitative estimate of drug-likeness (QED) is 0.637. The minimum atomic E-state index is -0.955. The fourth-order valence-electron chi connectivity index (χ4n) is 2.35. The SMILES string of the molecule is Cc1cc2c(c3ccc(=O)[nH]c13)OC[C@@H](O)[C@H]2O. The second-order valence-electron chi connectivity index (χ2n) is 4.55. The molecule has 1 aromatic carbocycles. The van der Waals surface area contributed by atoms with Crippen molar-refractivity contribution in [2.75, 3.05) is 6.61 Å². The van der Waals surface area contributed by atoms with E-state index in [9.17, 15) is 15.0 Å². The first-order chi connectivity index (χ1) is 8.58. The van der Waals surface area contributed by atoms with Gasteiger partial charge in [-0.3, -0.25) is 4.79 Å². The molecule has 0 bridgehead atoms. The van der Waals surface area contributed by atoms with E-state index in [1.807, 2.05) is 6.92 Å². The number of ether oxygens (including phenoxy) is 1. The summed E-state index contributed by atoms with van der Waals surface area (Å²) in [6, 6.07) is 4.83. The predicted octanol–water partition coefficient (Wildman–Crippen LogP) is 0.623. The fraction of sp³-hybridized carbons (Fsp3) is 0.308. The maximum Gasteiger partial charge on any atom is 0.248 e. The van der Waals surface area contributed by atoms with E-state index < -0.39 is 12.2 Å². The van der Waals surface area contributed by atoms with E-state index >= 15 is 0 Å². The smallest absolute Gasteiger partial charge is 0.248 e. The van der Waals surface area contributed by atoms with Crippen molar-refractivity contribution in [2.24, 2.45) is 0 Å². The van der Waals surface area contributed by atoms with Crippen LogP contribution in [0.25, 0.3) is 10.9 Å². The minimum Gasteiger partial charge on any atom is -0.490 e.